The molecule has 0 aliphatic heterocycles. The highest BCUT2D eigenvalue weighted by atomic mass is 16.6. The molecule has 0 N–H and O–H groups in total. The molecule has 1 atom stereocenters. The second-order valence-corrected chi connectivity index (χ2v) is 6.76. The average molecular weight is 371 g/mol. The molecule has 27 heavy (non-hydrogen) atoms. The Morgan fingerprint density at radius 1 is 1.04 bits per heavy atom. The van der Waals surface area contributed by atoms with Crippen molar-refractivity contribution in [2.75, 3.05) is 34.4 Å². The number of aryl methyl sites for hydroxylation is 2. The zero-order chi connectivity index (χ0) is 19.6. The zero-order valence-corrected chi connectivity index (χ0v) is 16.6. The van der Waals surface area contributed by atoms with Crippen molar-refractivity contribution in [3.05, 3.63) is 59.7 Å². The fourth-order valence-corrected chi connectivity index (χ4v) is 2.87. The summed E-state index contributed by atoms with van der Waals surface area (Å²) >= 11 is 0. The van der Waals surface area contributed by atoms with Crippen LogP contribution in [0, 0.1) is 0 Å². The van der Waals surface area contributed by atoms with E-state index < -0.39 is 0 Å². The number of likely N-dealkylation sites (N-methyl/N-ethyl adjacent to an activating group) is 1. The Kier molecular flexibility index (Phi) is 8.14. The van der Waals surface area contributed by atoms with Gasteiger partial charge in [-0.25, -0.2) is 0 Å². The molecule has 0 aromatic heterocycles. The summed E-state index contributed by atoms with van der Waals surface area (Å²) in [6, 6.07) is 16.1. The van der Waals surface area contributed by atoms with Crippen LogP contribution >= 0.6 is 0 Å². The average Bonchev–Trinajstić information content (AvgIpc) is 2.64. The summed E-state index contributed by atoms with van der Waals surface area (Å²) in [4.78, 5) is 13.3. The molecule has 0 spiro atoms. The molecule has 5 nitrogen and oxygen atoms in total. The van der Waals surface area contributed by atoms with Gasteiger partial charge in [-0.2, -0.15) is 0 Å². The summed E-state index contributed by atoms with van der Waals surface area (Å²) < 4.78 is 16.6. The number of methoxy groups -OCH3 is 1. The van der Waals surface area contributed by atoms with Crippen LogP contribution < -0.4 is 9.47 Å². The van der Waals surface area contributed by atoms with E-state index in [2.05, 4.69) is 18.2 Å². The Morgan fingerprint density at radius 2 is 1.74 bits per heavy atom. The maximum atomic E-state index is 11.3. The third-order valence-electron chi connectivity index (χ3n) is 4.14. The molecule has 0 saturated carbocycles. The Bertz CT molecular complexity index is 713. The molecule has 5 heteroatoms. The van der Waals surface area contributed by atoms with Gasteiger partial charge in [-0.1, -0.05) is 30.3 Å². The quantitative estimate of drug-likeness (QED) is 0.600. The largest absolute Gasteiger partial charge is 0.497 e. The SMILES string of the molecule is COc1ccc(CCc2ccccc2OC[C@@H](CN(C)C)OC(C)=O)cc1. The van der Waals surface area contributed by atoms with Crippen molar-refractivity contribution in [2.45, 2.75) is 25.9 Å². The third kappa shape index (κ3) is 7.31. The van der Waals surface area contributed by atoms with Crippen molar-refractivity contribution in [1.29, 1.82) is 0 Å². The van der Waals surface area contributed by atoms with Gasteiger partial charge in [0.25, 0.3) is 0 Å². The van der Waals surface area contributed by atoms with Crippen molar-refractivity contribution < 1.29 is 19.0 Å². The van der Waals surface area contributed by atoms with Gasteiger partial charge in [0, 0.05) is 13.5 Å². The van der Waals surface area contributed by atoms with Crippen LogP contribution in [-0.2, 0) is 22.4 Å². The van der Waals surface area contributed by atoms with Crippen LogP contribution in [0.3, 0.4) is 0 Å². The summed E-state index contributed by atoms with van der Waals surface area (Å²) in [7, 11) is 5.56. The van der Waals surface area contributed by atoms with Gasteiger partial charge in [-0.15, -0.1) is 0 Å². The topological polar surface area (TPSA) is 48.0 Å². The van der Waals surface area contributed by atoms with Gasteiger partial charge in [0.2, 0.25) is 0 Å². The van der Waals surface area contributed by atoms with Gasteiger partial charge in [0.1, 0.15) is 24.2 Å². The second-order valence-electron chi connectivity index (χ2n) is 6.76. The predicted octanol–water partition coefficient (Wildman–Crippen LogP) is 3.35. The van der Waals surface area contributed by atoms with Gasteiger partial charge < -0.3 is 19.1 Å². The Hall–Kier alpha value is -2.53. The normalized spacial score (nSPS) is 11.9. The van der Waals surface area contributed by atoms with E-state index in [0.717, 1.165) is 29.9 Å². The smallest absolute Gasteiger partial charge is 0.303 e. The number of para-hydroxylation sites is 1. The van der Waals surface area contributed by atoms with Crippen molar-refractivity contribution in [3.8, 4) is 11.5 Å². The summed E-state index contributed by atoms with van der Waals surface area (Å²) in [5, 5.41) is 0. The van der Waals surface area contributed by atoms with E-state index in [1.54, 1.807) is 7.11 Å². The summed E-state index contributed by atoms with van der Waals surface area (Å²) in [5.41, 5.74) is 2.38. The van der Waals surface area contributed by atoms with Crippen molar-refractivity contribution in [3.63, 3.8) is 0 Å². The molecule has 0 amide bonds. The summed E-state index contributed by atoms with van der Waals surface area (Å²) in [6.07, 6.45) is 1.48. The molecule has 0 aliphatic rings. The minimum absolute atomic E-state index is 0.293. The number of hydrogen-bond donors (Lipinski definition) is 0. The van der Waals surface area contributed by atoms with Crippen LogP contribution in [0.25, 0.3) is 0 Å². The first-order chi connectivity index (χ1) is 13.0. The van der Waals surface area contributed by atoms with Gasteiger partial charge in [-0.05, 0) is 56.3 Å². The first-order valence-corrected chi connectivity index (χ1v) is 9.13. The molecule has 0 fully saturated rings. The molecule has 0 unspecified atom stereocenters. The van der Waals surface area contributed by atoms with E-state index in [1.165, 1.54) is 12.5 Å². The maximum Gasteiger partial charge on any atom is 0.303 e. The number of carbonyl (C=O) groups is 1. The summed E-state index contributed by atoms with van der Waals surface area (Å²) in [5.74, 6) is 1.40. The van der Waals surface area contributed by atoms with Gasteiger partial charge >= 0.3 is 5.97 Å². The molecule has 2 aromatic carbocycles. The first-order valence-electron chi connectivity index (χ1n) is 9.13. The standard InChI is InChI=1S/C22H29NO4/c1-17(24)27-21(15-23(2)3)16-26-22-8-6-5-7-19(22)12-9-18-10-13-20(25-4)14-11-18/h5-8,10-11,13-14,21H,9,12,15-16H2,1-4H3/t21-/m1/s1. The highest BCUT2D eigenvalue weighted by Crippen LogP contribution is 2.21. The Morgan fingerprint density at radius 3 is 2.37 bits per heavy atom. The van der Waals surface area contributed by atoms with E-state index in [4.69, 9.17) is 14.2 Å². The molecule has 2 aromatic rings. The van der Waals surface area contributed by atoms with E-state index >= 15 is 0 Å². The van der Waals surface area contributed by atoms with Crippen LogP contribution in [0.5, 0.6) is 11.5 Å². The summed E-state index contributed by atoms with van der Waals surface area (Å²) in [6.45, 7) is 2.37. The predicted molar refractivity (Wildman–Crippen MR) is 106 cm³/mol. The second kappa shape index (κ2) is 10.6. The number of ether oxygens (including phenoxy) is 3. The number of rotatable bonds is 10. The third-order valence-corrected chi connectivity index (χ3v) is 4.14. The van der Waals surface area contributed by atoms with E-state index in [-0.39, 0.29) is 12.1 Å². The van der Waals surface area contributed by atoms with Crippen molar-refractivity contribution in [2.24, 2.45) is 0 Å². The van der Waals surface area contributed by atoms with Gasteiger partial charge in [0.05, 0.1) is 7.11 Å². The first kappa shape index (κ1) is 20.8. The number of esters is 1. The molecule has 0 saturated heterocycles. The highest BCUT2D eigenvalue weighted by Gasteiger charge is 2.15. The highest BCUT2D eigenvalue weighted by molar-refractivity contribution is 5.66. The number of benzene rings is 2. The zero-order valence-electron chi connectivity index (χ0n) is 16.6. The fraction of sp³-hybridized carbons (Fsp3) is 0.409. The lowest BCUT2D eigenvalue weighted by Gasteiger charge is -2.22. The maximum absolute atomic E-state index is 11.3. The monoisotopic (exact) mass is 371 g/mol. The molecular weight excluding hydrogens is 342 g/mol. The molecule has 0 bridgehead atoms. The molecule has 0 heterocycles. The lowest BCUT2D eigenvalue weighted by atomic mass is 10.0. The number of carbonyl (C=O) groups excluding carboxylic acids is 1. The minimum atomic E-state index is -0.299. The molecule has 0 radical (unpaired) electrons. The van der Waals surface area contributed by atoms with E-state index in [1.807, 2.05) is 49.3 Å². The fourth-order valence-electron chi connectivity index (χ4n) is 2.87. The van der Waals surface area contributed by atoms with E-state index in [0.29, 0.717) is 13.2 Å². The van der Waals surface area contributed by atoms with E-state index in [9.17, 15) is 4.79 Å². The number of nitrogens with zero attached hydrogens (tertiary/aromatic N) is 1. The molecule has 2 rings (SSSR count). The van der Waals surface area contributed by atoms with Gasteiger partial charge in [-0.3, -0.25) is 4.79 Å². The molecular formula is C22H29NO4. The van der Waals surface area contributed by atoms with Crippen molar-refractivity contribution >= 4 is 5.97 Å². The van der Waals surface area contributed by atoms with Crippen molar-refractivity contribution in [1.82, 2.24) is 4.90 Å². The molecule has 0 aliphatic carbocycles. The van der Waals surface area contributed by atoms with Crippen LogP contribution in [-0.4, -0.2) is 51.3 Å². The van der Waals surface area contributed by atoms with Crippen LogP contribution in [0.4, 0.5) is 0 Å². The Balaban J connectivity index is 1.97. The van der Waals surface area contributed by atoms with Crippen LogP contribution in [0.1, 0.15) is 18.1 Å². The van der Waals surface area contributed by atoms with Crippen LogP contribution in [0.2, 0.25) is 0 Å². The lowest BCUT2D eigenvalue weighted by Crippen LogP contribution is -2.34. The lowest BCUT2D eigenvalue weighted by molar-refractivity contribution is -0.148. The Labute approximate surface area is 161 Å². The van der Waals surface area contributed by atoms with Crippen LogP contribution in [0.15, 0.2) is 48.5 Å². The number of hydrogen-bond acceptors (Lipinski definition) is 5. The van der Waals surface area contributed by atoms with Gasteiger partial charge in [0.15, 0.2) is 0 Å². The molecule has 146 valence electrons. The minimum Gasteiger partial charge on any atom is -0.497 e.